The predicted molar refractivity (Wildman–Crippen MR) is 39.8 cm³/mol. The Balaban J connectivity index is 2.90. The number of benzene rings is 1. The van der Waals surface area contributed by atoms with E-state index in [9.17, 15) is 13.2 Å². The Hall–Kier alpha value is -1.10. The first-order chi connectivity index (χ1) is 5.88. The fourth-order valence-electron chi connectivity index (χ4n) is 0.702. The van der Waals surface area contributed by atoms with Crippen LogP contribution in [0.5, 0.6) is 11.5 Å². The zero-order valence-electron chi connectivity index (χ0n) is 6.10. The number of rotatable bonds is 1. The average Bonchev–Trinajstić information content (AvgIpc) is 1.93. The first-order valence-corrected chi connectivity index (χ1v) is 3.50. The van der Waals surface area contributed by atoms with Crippen molar-refractivity contribution in [2.75, 3.05) is 0 Å². The Morgan fingerprint density at radius 1 is 1.31 bits per heavy atom. The number of phenolic OH excluding ortho intramolecular Hbond substituents is 1. The summed E-state index contributed by atoms with van der Waals surface area (Å²) in [6.07, 6.45) is -4.81. The number of hydrogen-bond donors (Lipinski definition) is 1. The van der Waals surface area contributed by atoms with E-state index in [0.29, 0.717) is 0 Å². The normalized spacial score (nSPS) is 11.4. The summed E-state index contributed by atoms with van der Waals surface area (Å²) in [7, 11) is 0. The van der Waals surface area contributed by atoms with Crippen molar-refractivity contribution in [2.24, 2.45) is 0 Å². The van der Waals surface area contributed by atoms with Gasteiger partial charge in [-0.3, -0.25) is 0 Å². The van der Waals surface area contributed by atoms with Crippen LogP contribution in [-0.4, -0.2) is 11.5 Å². The van der Waals surface area contributed by atoms with Gasteiger partial charge in [0.05, 0.1) is 0 Å². The zero-order chi connectivity index (χ0) is 10.1. The summed E-state index contributed by atoms with van der Waals surface area (Å²) in [6, 6.07) is 3.08. The van der Waals surface area contributed by atoms with Gasteiger partial charge in [0.2, 0.25) is 0 Å². The molecule has 0 spiro atoms. The smallest absolute Gasteiger partial charge is 0.504 e. The van der Waals surface area contributed by atoms with Gasteiger partial charge in [0.1, 0.15) is 0 Å². The van der Waals surface area contributed by atoms with Gasteiger partial charge >= 0.3 is 6.36 Å². The van der Waals surface area contributed by atoms with Crippen LogP contribution in [0.4, 0.5) is 13.2 Å². The molecule has 1 rings (SSSR count). The van der Waals surface area contributed by atoms with Crippen molar-refractivity contribution in [3.8, 4) is 11.5 Å². The molecule has 0 aliphatic heterocycles. The van der Waals surface area contributed by atoms with Gasteiger partial charge in [-0.1, -0.05) is 11.6 Å². The molecule has 1 N–H and O–H groups in total. The molecule has 13 heavy (non-hydrogen) atoms. The molecule has 0 saturated carbocycles. The van der Waals surface area contributed by atoms with Crippen molar-refractivity contribution in [1.29, 1.82) is 0 Å². The summed E-state index contributed by atoms with van der Waals surface area (Å²) in [4.78, 5) is 0. The number of halogens is 4. The van der Waals surface area contributed by atoms with Crippen LogP contribution in [0, 0.1) is 0 Å². The van der Waals surface area contributed by atoms with E-state index in [-0.39, 0.29) is 5.02 Å². The predicted octanol–water partition coefficient (Wildman–Crippen LogP) is 2.94. The third-order valence-corrected chi connectivity index (χ3v) is 1.38. The van der Waals surface area contributed by atoms with Crippen molar-refractivity contribution >= 4 is 11.6 Å². The summed E-state index contributed by atoms with van der Waals surface area (Å²) in [5, 5.41) is 9.08. The largest absolute Gasteiger partial charge is 0.573 e. The third-order valence-electron chi connectivity index (χ3n) is 1.15. The fourth-order valence-corrected chi connectivity index (χ4v) is 0.868. The molecule has 0 saturated heterocycles. The molecular weight excluding hydrogens is 209 g/mol. The van der Waals surface area contributed by atoms with Crippen LogP contribution < -0.4 is 4.74 Å². The number of aromatic hydroxyl groups is 1. The maximum Gasteiger partial charge on any atom is 0.573 e. The highest BCUT2D eigenvalue weighted by Crippen LogP contribution is 2.32. The number of hydrogen-bond acceptors (Lipinski definition) is 2. The molecule has 72 valence electrons. The molecule has 0 aliphatic rings. The fraction of sp³-hybridized carbons (Fsp3) is 0.143. The van der Waals surface area contributed by atoms with Gasteiger partial charge in [-0.05, 0) is 12.1 Å². The maximum atomic E-state index is 11.7. The van der Waals surface area contributed by atoms with Crippen molar-refractivity contribution in [2.45, 2.75) is 6.36 Å². The summed E-state index contributed by atoms with van der Waals surface area (Å²) in [6.45, 7) is 0. The highest BCUT2D eigenvalue weighted by Gasteiger charge is 2.32. The Morgan fingerprint density at radius 3 is 2.38 bits per heavy atom. The highest BCUT2D eigenvalue weighted by molar-refractivity contribution is 6.30. The second-order valence-electron chi connectivity index (χ2n) is 2.16. The van der Waals surface area contributed by atoms with Gasteiger partial charge in [-0.25, -0.2) is 0 Å². The lowest BCUT2D eigenvalue weighted by Crippen LogP contribution is -2.17. The lowest BCUT2D eigenvalue weighted by molar-refractivity contribution is -0.275. The van der Waals surface area contributed by atoms with Gasteiger partial charge in [0.15, 0.2) is 11.5 Å². The van der Waals surface area contributed by atoms with Gasteiger partial charge in [-0.15, -0.1) is 13.2 Å². The van der Waals surface area contributed by atoms with E-state index in [1.54, 1.807) is 0 Å². The van der Waals surface area contributed by atoms with Crippen LogP contribution in [-0.2, 0) is 0 Å². The van der Waals surface area contributed by atoms with Gasteiger partial charge in [-0.2, -0.15) is 0 Å². The topological polar surface area (TPSA) is 29.5 Å². The Bertz CT molecular complexity index is 311. The lowest BCUT2D eigenvalue weighted by atomic mass is 10.3. The summed E-state index contributed by atoms with van der Waals surface area (Å²) in [5.41, 5.74) is 0. The Kier molecular flexibility index (Phi) is 2.56. The van der Waals surface area contributed by atoms with E-state index in [1.165, 1.54) is 6.07 Å². The second kappa shape index (κ2) is 3.33. The minimum atomic E-state index is -4.81. The maximum absolute atomic E-state index is 11.7. The van der Waals surface area contributed by atoms with Gasteiger partial charge in [0.25, 0.3) is 0 Å². The van der Waals surface area contributed by atoms with Crippen molar-refractivity contribution in [1.82, 2.24) is 0 Å². The Labute approximate surface area is 76.5 Å². The van der Waals surface area contributed by atoms with E-state index in [1.807, 2.05) is 0 Å². The number of alkyl halides is 3. The van der Waals surface area contributed by atoms with E-state index >= 15 is 0 Å². The van der Waals surface area contributed by atoms with Crippen LogP contribution in [0.3, 0.4) is 0 Å². The summed E-state index contributed by atoms with van der Waals surface area (Å²) < 4.78 is 38.4. The molecule has 1 aromatic carbocycles. The monoisotopic (exact) mass is 212 g/mol. The van der Waals surface area contributed by atoms with Crippen molar-refractivity contribution in [3.05, 3.63) is 23.2 Å². The highest BCUT2D eigenvalue weighted by atomic mass is 35.5. The first kappa shape index (κ1) is 9.98. The molecule has 0 radical (unpaired) electrons. The molecule has 0 aromatic heterocycles. The van der Waals surface area contributed by atoms with Crippen LogP contribution in [0.15, 0.2) is 18.2 Å². The molecule has 6 heteroatoms. The minimum absolute atomic E-state index is 0.132. The van der Waals surface area contributed by atoms with E-state index < -0.39 is 17.9 Å². The molecular formula is C7H4ClF3O2. The molecule has 0 amide bonds. The molecule has 0 fully saturated rings. The van der Waals surface area contributed by atoms with Crippen LogP contribution >= 0.6 is 11.6 Å². The van der Waals surface area contributed by atoms with Gasteiger partial charge in [0, 0.05) is 11.1 Å². The lowest BCUT2D eigenvalue weighted by Gasteiger charge is -2.09. The molecule has 0 unspecified atom stereocenters. The molecule has 0 heterocycles. The van der Waals surface area contributed by atoms with E-state index in [4.69, 9.17) is 16.7 Å². The second-order valence-corrected chi connectivity index (χ2v) is 2.60. The molecule has 0 atom stereocenters. The average molecular weight is 213 g/mol. The Morgan fingerprint density at radius 2 is 1.92 bits per heavy atom. The molecule has 0 bridgehead atoms. The first-order valence-electron chi connectivity index (χ1n) is 3.13. The van der Waals surface area contributed by atoms with Crippen molar-refractivity contribution in [3.63, 3.8) is 0 Å². The quantitative estimate of drug-likeness (QED) is 0.776. The number of phenols is 1. The summed E-state index contributed by atoms with van der Waals surface area (Å²) >= 11 is 5.39. The van der Waals surface area contributed by atoms with Gasteiger partial charge < -0.3 is 9.84 Å². The molecule has 1 aromatic rings. The number of ether oxygens (including phenoxy) is 1. The SMILES string of the molecule is Oc1cc(Cl)ccc1OC(F)(F)F. The van der Waals surface area contributed by atoms with Crippen LogP contribution in [0.25, 0.3) is 0 Å². The van der Waals surface area contributed by atoms with E-state index in [0.717, 1.165) is 12.1 Å². The standard InChI is InChI=1S/C7H4ClF3O2/c8-4-1-2-6(5(12)3-4)13-7(9,10)11/h1-3,12H. The summed E-state index contributed by atoms with van der Waals surface area (Å²) in [5.74, 6) is -1.32. The van der Waals surface area contributed by atoms with Crippen LogP contribution in [0.1, 0.15) is 0 Å². The van der Waals surface area contributed by atoms with E-state index in [2.05, 4.69) is 4.74 Å². The van der Waals surface area contributed by atoms with Crippen molar-refractivity contribution < 1.29 is 23.0 Å². The minimum Gasteiger partial charge on any atom is -0.504 e. The van der Waals surface area contributed by atoms with Crippen LogP contribution in [0.2, 0.25) is 5.02 Å². The molecule has 2 nitrogen and oxygen atoms in total. The zero-order valence-corrected chi connectivity index (χ0v) is 6.86. The third kappa shape index (κ3) is 3.02. The molecule has 0 aliphatic carbocycles.